The van der Waals surface area contributed by atoms with E-state index in [-0.39, 0.29) is 0 Å². The van der Waals surface area contributed by atoms with Gasteiger partial charge >= 0.3 is 0 Å². The summed E-state index contributed by atoms with van der Waals surface area (Å²) >= 11 is 0. The first kappa shape index (κ1) is 10.8. The van der Waals surface area contributed by atoms with E-state index >= 15 is 0 Å². The van der Waals surface area contributed by atoms with E-state index in [0.29, 0.717) is 0 Å². The van der Waals surface area contributed by atoms with Gasteiger partial charge in [-0.1, -0.05) is 60.7 Å². The van der Waals surface area contributed by atoms with E-state index in [2.05, 4.69) is 77.6 Å². The Morgan fingerprint density at radius 1 is 0.667 bits per heavy atom. The van der Waals surface area contributed by atoms with Gasteiger partial charge in [0.05, 0.1) is 0 Å². The van der Waals surface area contributed by atoms with E-state index in [9.17, 15) is 0 Å². The Hall–Kier alpha value is -2.28. The van der Waals surface area contributed by atoms with Crippen molar-refractivity contribution in [2.45, 2.75) is 6.54 Å². The van der Waals surface area contributed by atoms with Crippen LogP contribution in [-0.2, 0) is 6.54 Å². The van der Waals surface area contributed by atoms with Gasteiger partial charge in [-0.15, -0.1) is 0 Å². The van der Waals surface area contributed by atoms with Crippen LogP contribution in [0.2, 0.25) is 0 Å². The van der Waals surface area contributed by atoms with Crippen LogP contribution in [-0.4, -0.2) is 4.57 Å². The molecule has 3 aromatic rings. The minimum atomic E-state index is 0.924. The molecule has 0 saturated carbocycles. The van der Waals surface area contributed by atoms with Crippen LogP contribution < -0.4 is 0 Å². The molecule has 0 N–H and O–H groups in total. The van der Waals surface area contributed by atoms with Gasteiger partial charge in [-0.3, -0.25) is 0 Å². The van der Waals surface area contributed by atoms with E-state index in [1.54, 1.807) is 0 Å². The van der Waals surface area contributed by atoms with Gasteiger partial charge in [0.2, 0.25) is 0 Å². The topological polar surface area (TPSA) is 4.93 Å². The van der Waals surface area contributed by atoms with E-state index in [4.69, 9.17) is 0 Å². The van der Waals surface area contributed by atoms with E-state index in [0.717, 1.165) is 6.54 Å². The van der Waals surface area contributed by atoms with Crippen molar-refractivity contribution in [3.8, 4) is 11.1 Å². The van der Waals surface area contributed by atoms with Crippen LogP contribution >= 0.6 is 0 Å². The maximum Gasteiger partial charge on any atom is 0.0470 e. The molecule has 0 spiro atoms. The number of hydrogen-bond acceptors (Lipinski definition) is 0. The molecular weight excluding hydrogens is 218 g/mol. The molecule has 0 amide bonds. The highest BCUT2D eigenvalue weighted by molar-refractivity contribution is 5.62. The van der Waals surface area contributed by atoms with E-state index in [1.807, 2.05) is 6.07 Å². The molecule has 3 rings (SSSR count). The summed E-state index contributed by atoms with van der Waals surface area (Å²) in [6.45, 7) is 0.924. The highest BCUT2D eigenvalue weighted by Crippen LogP contribution is 2.19. The molecular formula is C17H15N. The van der Waals surface area contributed by atoms with Crippen LogP contribution in [0.5, 0.6) is 0 Å². The van der Waals surface area contributed by atoms with E-state index < -0.39 is 0 Å². The first-order chi connectivity index (χ1) is 8.92. The highest BCUT2D eigenvalue weighted by atomic mass is 14.9. The van der Waals surface area contributed by atoms with Gasteiger partial charge in [0, 0.05) is 18.9 Å². The summed E-state index contributed by atoms with van der Waals surface area (Å²) in [6.07, 6.45) is 4.33. The van der Waals surface area contributed by atoms with E-state index in [1.165, 1.54) is 16.7 Å². The van der Waals surface area contributed by atoms with Crippen molar-refractivity contribution in [3.63, 3.8) is 0 Å². The van der Waals surface area contributed by atoms with Gasteiger partial charge in [0.15, 0.2) is 0 Å². The monoisotopic (exact) mass is 233 g/mol. The summed E-state index contributed by atoms with van der Waals surface area (Å²) in [4.78, 5) is 0. The van der Waals surface area contributed by atoms with Gasteiger partial charge in [-0.2, -0.15) is 0 Å². The molecule has 0 fully saturated rings. The second kappa shape index (κ2) is 4.92. The standard InChI is InChI=1S/C17H15N/c1-3-7-15(8-4-1)13-18-12-11-17(14-18)16-9-5-2-6-10-16/h1-12,14H,13H2. The molecule has 1 heterocycles. The molecule has 0 aliphatic heterocycles. The third-order valence-electron chi connectivity index (χ3n) is 3.07. The fourth-order valence-electron chi connectivity index (χ4n) is 2.13. The van der Waals surface area contributed by atoms with Gasteiger partial charge in [0.1, 0.15) is 0 Å². The third kappa shape index (κ3) is 2.35. The van der Waals surface area contributed by atoms with Gasteiger partial charge in [-0.25, -0.2) is 0 Å². The largest absolute Gasteiger partial charge is 0.349 e. The molecule has 88 valence electrons. The molecule has 0 unspecified atom stereocenters. The number of rotatable bonds is 3. The first-order valence-electron chi connectivity index (χ1n) is 6.17. The number of hydrogen-bond donors (Lipinski definition) is 0. The molecule has 2 aromatic carbocycles. The maximum absolute atomic E-state index is 2.22. The summed E-state index contributed by atoms with van der Waals surface area (Å²) in [6, 6.07) is 23.2. The second-order valence-electron chi connectivity index (χ2n) is 4.42. The van der Waals surface area contributed by atoms with Crippen molar-refractivity contribution in [1.82, 2.24) is 4.57 Å². The summed E-state index contributed by atoms with van der Waals surface area (Å²) in [7, 11) is 0. The zero-order chi connectivity index (χ0) is 12.2. The summed E-state index contributed by atoms with van der Waals surface area (Å²) < 4.78 is 2.22. The van der Waals surface area contributed by atoms with Gasteiger partial charge in [-0.05, 0) is 22.8 Å². The van der Waals surface area contributed by atoms with Crippen LogP contribution in [0.3, 0.4) is 0 Å². The fourth-order valence-corrected chi connectivity index (χ4v) is 2.13. The smallest absolute Gasteiger partial charge is 0.0470 e. The lowest BCUT2D eigenvalue weighted by Crippen LogP contribution is -1.95. The first-order valence-corrected chi connectivity index (χ1v) is 6.17. The van der Waals surface area contributed by atoms with Crippen LogP contribution in [0.15, 0.2) is 79.1 Å². The molecule has 0 radical (unpaired) electrons. The third-order valence-corrected chi connectivity index (χ3v) is 3.07. The minimum Gasteiger partial charge on any atom is -0.349 e. The molecule has 0 aliphatic carbocycles. The minimum absolute atomic E-state index is 0.924. The average Bonchev–Trinajstić information content (AvgIpc) is 2.89. The van der Waals surface area contributed by atoms with Crippen molar-refractivity contribution in [2.75, 3.05) is 0 Å². The second-order valence-corrected chi connectivity index (χ2v) is 4.42. The number of nitrogens with zero attached hydrogens (tertiary/aromatic N) is 1. The zero-order valence-corrected chi connectivity index (χ0v) is 10.2. The molecule has 1 nitrogen and oxygen atoms in total. The maximum atomic E-state index is 2.22. The Morgan fingerprint density at radius 2 is 1.33 bits per heavy atom. The molecule has 1 aromatic heterocycles. The number of benzene rings is 2. The van der Waals surface area contributed by atoms with Gasteiger partial charge in [0.25, 0.3) is 0 Å². The fraction of sp³-hybridized carbons (Fsp3) is 0.0588. The Bertz CT molecular complexity index is 608. The normalized spacial score (nSPS) is 10.4. The van der Waals surface area contributed by atoms with Crippen LogP contribution in [0.25, 0.3) is 11.1 Å². The Balaban J connectivity index is 1.82. The van der Waals surface area contributed by atoms with Crippen molar-refractivity contribution in [2.24, 2.45) is 0 Å². The zero-order valence-electron chi connectivity index (χ0n) is 10.2. The lowest BCUT2D eigenvalue weighted by Gasteiger charge is -2.02. The highest BCUT2D eigenvalue weighted by Gasteiger charge is 2.00. The predicted molar refractivity (Wildman–Crippen MR) is 75.4 cm³/mol. The predicted octanol–water partition coefficient (Wildman–Crippen LogP) is 4.20. The van der Waals surface area contributed by atoms with Crippen molar-refractivity contribution < 1.29 is 0 Å². The van der Waals surface area contributed by atoms with Crippen molar-refractivity contribution >= 4 is 0 Å². The molecule has 1 heteroatoms. The number of aromatic nitrogens is 1. The SMILES string of the molecule is c1ccc(Cn2ccc(-c3ccccc3)c2)cc1. The van der Waals surface area contributed by atoms with Crippen molar-refractivity contribution in [3.05, 3.63) is 84.7 Å². The molecule has 0 aliphatic rings. The Labute approximate surface area is 107 Å². The summed E-state index contributed by atoms with van der Waals surface area (Å²) in [5.74, 6) is 0. The van der Waals surface area contributed by atoms with Crippen LogP contribution in [0, 0.1) is 0 Å². The Kier molecular flexibility index (Phi) is 2.97. The summed E-state index contributed by atoms with van der Waals surface area (Å²) in [5, 5.41) is 0. The van der Waals surface area contributed by atoms with Crippen LogP contribution in [0.4, 0.5) is 0 Å². The van der Waals surface area contributed by atoms with Crippen molar-refractivity contribution in [1.29, 1.82) is 0 Å². The molecule has 0 saturated heterocycles. The quantitative estimate of drug-likeness (QED) is 0.639. The molecule has 0 bridgehead atoms. The molecule has 0 atom stereocenters. The summed E-state index contributed by atoms with van der Waals surface area (Å²) in [5.41, 5.74) is 3.86. The average molecular weight is 233 g/mol. The molecule has 18 heavy (non-hydrogen) atoms. The van der Waals surface area contributed by atoms with Crippen LogP contribution in [0.1, 0.15) is 5.56 Å². The van der Waals surface area contributed by atoms with Gasteiger partial charge < -0.3 is 4.57 Å². The lowest BCUT2D eigenvalue weighted by atomic mass is 10.1. The lowest BCUT2D eigenvalue weighted by molar-refractivity contribution is 0.807. The Morgan fingerprint density at radius 3 is 2.06 bits per heavy atom.